The summed E-state index contributed by atoms with van der Waals surface area (Å²) in [5.41, 5.74) is 6.03. The van der Waals surface area contributed by atoms with Crippen LogP contribution >= 0.6 is 0 Å². The van der Waals surface area contributed by atoms with Crippen molar-refractivity contribution in [1.82, 2.24) is 0 Å². The van der Waals surface area contributed by atoms with E-state index in [9.17, 15) is 5.11 Å². The molecular formula is C16H33NO. The summed E-state index contributed by atoms with van der Waals surface area (Å²) in [6.07, 6.45) is 9.11. The van der Waals surface area contributed by atoms with Crippen molar-refractivity contribution in [2.24, 2.45) is 23.0 Å². The zero-order valence-corrected chi connectivity index (χ0v) is 12.6. The number of aliphatic hydroxyl groups excluding tert-OH is 1. The van der Waals surface area contributed by atoms with Gasteiger partial charge in [0.2, 0.25) is 0 Å². The van der Waals surface area contributed by atoms with Gasteiger partial charge in [0, 0.05) is 12.0 Å². The van der Waals surface area contributed by atoms with E-state index in [2.05, 4.69) is 20.8 Å². The quantitative estimate of drug-likeness (QED) is 0.681. The molecule has 108 valence electrons. The summed E-state index contributed by atoms with van der Waals surface area (Å²) in [5, 5.41) is 10.5. The largest absolute Gasteiger partial charge is 0.393 e. The SMILES string of the molecule is CCCCCC(O)C1(CN)CCC(C(C)C)CC1. The fourth-order valence-corrected chi connectivity index (χ4v) is 3.45. The van der Waals surface area contributed by atoms with Gasteiger partial charge in [-0.3, -0.25) is 0 Å². The molecule has 0 bridgehead atoms. The second kappa shape index (κ2) is 7.49. The van der Waals surface area contributed by atoms with Gasteiger partial charge >= 0.3 is 0 Å². The molecule has 0 spiro atoms. The lowest BCUT2D eigenvalue weighted by atomic mass is 9.64. The summed E-state index contributed by atoms with van der Waals surface area (Å²) >= 11 is 0. The van der Waals surface area contributed by atoms with Crippen LogP contribution in [-0.4, -0.2) is 17.8 Å². The third-order valence-corrected chi connectivity index (χ3v) is 5.16. The maximum Gasteiger partial charge on any atom is 0.0608 e. The molecule has 0 heterocycles. The molecule has 2 heteroatoms. The molecule has 3 N–H and O–H groups in total. The molecule has 18 heavy (non-hydrogen) atoms. The highest BCUT2D eigenvalue weighted by Gasteiger charge is 2.40. The van der Waals surface area contributed by atoms with E-state index in [0.717, 1.165) is 37.5 Å². The summed E-state index contributed by atoms with van der Waals surface area (Å²) in [5.74, 6) is 1.62. The minimum atomic E-state index is -0.179. The molecule has 1 aliphatic carbocycles. The van der Waals surface area contributed by atoms with Gasteiger partial charge in [-0.2, -0.15) is 0 Å². The van der Waals surface area contributed by atoms with E-state index in [-0.39, 0.29) is 11.5 Å². The number of aliphatic hydroxyl groups is 1. The third-order valence-electron chi connectivity index (χ3n) is 5.16. The lowest BCUT2D eigenvalue weighted by molar-refractivity contribution is -0.0188. The Morgan fingerprint density at radius 3 is 2.28 bits per heavy atom. The Morgan fingerprint density at radius 1 is 1.22 bits per heavy atom. The monoisotopic (exact) mass is 255 g/mol. The number of unbranched alkanes of at least 4 members (excludes halogenated alkanes) is 2. The van der Waals surface area contributed by atoms with E-state index in [1.165, 1.54) is 25.7 Å². The van der Waals surface area contributed by atoms with Crippen molar-refractivity contribution in [2.75, 3.05) is 6.54 Å². The van der Waals surface area contributed by atoms with Crippen molar-refractivity contribution in [3.05, 3.63) is 0 Å². The van der Waals surface area contributed by atoms with E-state index in [4.69, 9.17) is 5.73 Å². The summed E-state index contributed by atoms with van der Waals surface area (Å²) in [7, 11) is 0. The van der Waals surface area contributed by atoms with Crippen LogP contribution < -0.4 is 5.73 Å². The lowest BCUT2D eigenvalue weighted by Gasteiger charge is -2.44. The van der Waals surface area contributed by atoms with Crippen LogP contribution in [0.1, 0.15) is 72.1 Å². The first kappa shape index (κ1) is 16.0. The molecule has 1 fully saturated rings. The van der Waals surface area contributed by atoms with Crippen molar-refractivity contribution in [2.45, 2.75) is 78.2 Å². The van der Waals surface area contributed by atoms with E-state index in [1.54, 1.807) is 0 Å². The molecule has 0 aromatic heterocycles. The highest BCUT2D eigenvalue weighted by atomic mass is 16.3. The topological polar surface area (TPSA) is 46.2 Å². The van der Waals surface area contributed by atoms with Crippen LogP contribution in [0.4, 0.5) is 0 Å². The summed E-state index contributed by atoms with van der Waals surface area (Å²) in [6, 6.07) is 0. The summed E-state index contributed by atoms with van der Waals surface area (Å²) in [4.78, 5) is 0. The Bertz CT molecular complexity index is 219. The Labute approximate surface area is 113 Å². The summed E-state index contributed by atoms with van der Waals surface area (Å²) in [6.45, 7) is 7.50. The molecule has 0 aliphatic heterocycles. The van der Waals surface area contributed by atoms with Crippen LogP contribution in [0.25, 0.3) is 0 Å². The molecule has 2 nitrogen and oxygen atoms in total. The Balaban J connectivity index is 2.48. The number of nitrogens with two attached hydrogens (primary N) is 1. The predicted octanol–water partition coefficient (Wildman–Crippen LogP) is 3.72. The molecule has 0 aromatic rings. The van der Waals surface area contributed by atoms with Crippen molar-refractivity contribution < 1.29 is 5.11 Å². The zero-order chi connectivity index (χ0) is 13.6. The van der Waals surface area contributed by atoms with Crippen LogP contribution in [0.3, 0.4) is 0 Å². The average molecular weight is 255 g/mol. The molecule has 1 atom stereocenters. The molecule has 1 rings (SSSR count). The fraction of sp³-hybridized carbons (Fsp3) is 1.00. The number of rotatable bonds is 7. The molecule has 1 saturated carbocycles. The lowest BCUT2D eigenvalue weighted by Crippen LogP contribution is -2.45. The van der Waals surface area contributed by atoms with Crippen molar-refractivity contribution in [1.29, 1.82) is 0 Å². The van der Waals surface area contributed by atoms with E-state index < -0.39 is 0 Å². The Hall–Kier alpha value is -0.0800. The first-order valence-corrected chi connectivity index (χ1v) is 7.94. The minimum absolute atomic E-state index is 0.0269. The minimum Gasteiger partial charge on any atom is -0.393 e. The van der Waals surface area contributed by atoms with Gasteiger partial charge in [0.15, 0.2) is 0 Å². The van der Waals surface area contributed by atoms with Crippen LogP contribution in [0.5, 0.6) is 0 Å². The van der Waals surface area contributed by atoms with Gasteiger partial charge in [-0.25, -0.2) is 0 Å². The smallest absolute Gasteiger partial charge is 0.0608 e. The maximum absolute atomic E-state index is 10.5. The van der Waals surface area contributed by atoms with E-state index in [0.29, 0.717) is 6.54 Å². The van der Waals surface area contributed by atoms with Crippen molar-refractivity contribution in [3.63, 3.8) is 0 Å². The van der Waals surface area contributed by atoms with Crippen molar-refractivity contribution in [3.8, 4) is 0 Å². The highest BCUT2D eigenvalue weighted by Crippen LogP contribution is 2.44. The first-order valence-electron chi connectivity index (χ1n) is 7.94. The standard InChI is InChI=1S/C16H33NO/c1-4-5-6-7-15(18)16(12-17)10-8-14(9-11-16)13(2)3/h13-15,18H,4-12,17H2,1-3H3. The van der Waals surface area contributed by atoms with E-state index in [1.807, 2.05) is 0 Å². The number of hydrogen-bond acceptors (Lipinski definition) is 2. The predicted molar refractivity (Wildman–Crippen MR) is 78.4 cm³/mol. The molecule has 1 unspecified atom stereocenters. The van der Waals surface area contributed by atoms with E-state index >= 15 is 0 Å². The molecule has 0 amide bonds. The zero-order valence-electron chi connectivity index (χ0n) is 12.6. The van der Waals surface area contributed by atoms with Gasteiger partial charge in [0.25, 0.3) is 0 Å². The third kappa shape index (κ3) is 3.96. The molecule has 0 radical (unpaired) electrons. The summed E-state index contributed by atoms with van der Waals surface area (Å²) < 4.78 is 0. The Morgan fingerprint density at radius 2 is 1.83 bits per heavy atom. The number of hydrogen-bond donors (Lipinski definition) is 2. The first-order chi connectivity index (χ1) is 8.55. The highest BCUT2D eigenvalue weighted by molar-refractivity contribution is 4.92. The van der Waals surface area contributed by atoms with Crippen LogP contribution in [0.2, 0.25) is 0 Å². The van der Waals surface area contributed by atoms with Crippen LogP contribution in [0, 0.1) is 17.3 Å². The second-order valence-corrected chi connectivity index (χ2v) is 6.66. The molecular weight excluding hydrogens is 222 g/mol. The van der Waals surface area contributed by atoms with Crippen molar-refractivity contribution >= 4 is 0 Å². The van der Waals surface area contributed by atoms with Crippen LogP contribution in [-0.2, 0) is 0 Å². The maximum atomic E-state index is 10.5. The second-order valence-electron chi connectivity index (χ2n) is 6.66. The van der Waals surface area contributed by atoms with Gasteiger partial charge in [0.05, 0.1) is 6.10 Å². The molecule has 0 saturated heterocycles. The normalized spacial score (nSPS) is 30.7. The van der Waals surface area contributed by atoms with Gasteiger partial charge in [-0.05, 0) is 43.9 Å². The van der Waals surface area contributed by atoms with Gasteiger partial charge < -0.3 is 10.8 Å². The van der Waals surface area contributed by atoms with Gasteiger partial charge in [-0.15, -0.1) is 0 Å². The fourth-order valence-electron chi connectivity index (χ4n) is 3.45. The Kier molecular flexibility index (Phi) is 6.65. The average Bonchev–Trinajstić information content (AvgIpc) is 2.38. The molecule has 0 aromatic carbocycles. The van der Waals surface area contributed by atoms with Gasteiger partial charge in [0.1, 0.15) is 0 Å². The molecule has 1 aliphatic rings. The van der Waals surface area contributed by atoms with Crippen LogP contribution in [0.15, 0.2) is 0 Å². The van der Waals surface area contributed by atoms with Gasteiger partial charge in [-0.1, -0.05) is 40.0 Å².